The van der Waals surface area contributed by atoms with Crippen LogP contribution in [0, 0.1) is 6.92 Å². The summed E-state index contributed by atoms with van der Waals surface area (Å²) in [5.41, 5.74) is -0.487. The maximum Gasteiger partial charge on any atom is 0.416 e. The number of benzene rings is 2. The topological polar surface area (TPSA) is 83.8 Å². The third-order valence-electron chi connectivity index (χ3n) is 5.78. The number of piperidine rings is 1. The Morgan fingerprint density at radius 3 is 2.41 bits per heavy atom. The van der Waals surface area contributed by atoms with Gasteiger partial charge in [0.15, 0.2) is 0 Å². The van der Waals surface area contributed by atoms with E-state index in [2.05, 4.69) is 22.6 Å². The summed E-state index contributed by atoms with van der Waals surface area (Å²) < 4.78 is 49.6. The molecule has 1 saturated heterocycles. The molecule has 0 saturated carbocycles. The van der Waals surface area contributed by atoms with Gasteiger partial charge in [-0.05, 0) is 69.3 Å². The molecule has 0 aliphatic carbocycles. The Morgan fingerprint density at radius 2 is 1.76 bits per heavy atom. The van der Waals surface area contributed by atoms with Crippen molar-refractivity contribution >= 4 is 28.4 Å². The molecule has 34 heavy (non-hydrogen) atoms. The molecule has 1 aromatic heterocycles. The number of nitrogens with one attached hydrogen (secondary N) is 2. The highest BCUT2D eigenvalue weighted by Gasteiger charge is 2.30. The van der Waals surface area contributed by atoms with Crippen molar-refractivity contribution in [2.75, 3.05) is 30.8 Å². The molecule has 1 aliphatic rings. The van der Waals surface area contributed by atoms with Crippen LogP contribution in [0.2, 0.25) is 0 Å². The monoisotopic (exact) mass is 475 g/mol. The fourth-order valence-electron chi connectivity index (χ4n) is 3.83. The number of rotatable bonds is 4. The number of hydrogen-bond acceptors (Lipinski definition) is 5. The van der Waals surface area contributed by atoms with Gasteiger partial charge >= 0.3 is 17.8 Å². The fourth-order valence-corrected chi connectivity index (χ4v) is 3.83. The predicted molar refractivity (Wildman–Crippen MR) is 122 cm³/mol. The molecular formula is C24H24F3N3O4. The average Bonchev–Trinajstić information content (AvgIpc) is 2.78. The molecule has 1 fully saturated rings. The van der Waals surface area contributed by atoms with E-state index in [-0.39, 0.29) is 17.5 Å². The number of aryl methyl sites for hydroxylation is 1. The van der Waals surface area contributed by atoms with Gasteiger partial charge in [0.1, 0.15) is 23.1 Å². The van der Waals surface area contributed by atoms with Gasteiger partial charge in [0.25, 0.3) is 0 Å². The van der Waals surface area contributed by atoms with E-state index < -0.39 is 23.4 Å². The summed E-state index contributed by atoms with van der Waals surface area (Å²) in [6, 6.07) is 8.21. The number of nitrogens with zero attached hydrogens (tertiary/aromatic N) is 1. The molecule has 0 unspecified atom stereocenters. The Labute approximate surface area is 193 Å². The van der Waals surface area contributed by atoms with Crippen LogP contribution in [0.3, 0.4) is 0 Å². The number of likely N-dealkylation sites (tertiary alicyclic amines) is 1. The van der Waals surface area contributed by atoms with Crippen molar-refractivity contribution in [3.8, 4) is 5.75 Å². The van der Waals surface area contributed by atoms with E-state index in [1.165, 1.54) is 6.07 Å². The van der Waals surface area contributed by atoms with E-state index in [4.69, 9.17) is 9.15 Å². The first-order chi connectivity index (χ1) is 16.1. The van der Waals surface area contributed by atoms with Gasteiger partial charge < -0.3 is 24.7 Å². The van der Waals surface area contributed by atoms with Crippen molar-refractivity contribution in [2.45, 2.75) is 32.0 Å². The van der Waals surface area contributed by atoms with Gasteiger partial charge in [-0.1, -0.05) is 0 Å². The van der Waals surface area contributed by atoms with Crippen LogP contribution in [-0.2, 0) is 6.18 Å². The molecule has 7 nitrogen and oxygen atoms in total. The van der Waals surface area contributed by atoms with Gasteiger partial charge in [0, 0.05) is 29.7 Å². The molecule has 2 heterocycles. The molecule has 1 aliphatic heterocycles. The number of urea groups is 1. The van der Waals surface area contributed by atoms with Crippen LogP contribution in [0.4, 0.5) is 29.3 Å². The SMILES string of the molecule is Cc1c(OC2CCN(C)CC2)ccc2cc(NC(=O)Nc3ccc(C(F)(F)F)cc3)c(=O)oc12. The molecular weight excluding hydrogens is 451 g/mol. The van der Waals surface area contributed by atoms with Gasteiger partial charge in [-0.2, -0.15) is 13.2 Å². The summed E-state index contributed by atoms with van der Waals surface area (Å²) in [5, 5.41) is 5.37. The van der Waals surface area contributed by atoms with E-state index in [0.717, 1.165) is 50.2 Å². The Bertz CT molecular complexity index is 1250. The normalized spacial score (nSPS) is 15.3. The summed E-state index contributed by atoms with van der Waals surface area (Å²) >= 11 is 0. The minimum atomic E-state index is -4.47. The van der Waals surface area contributed by atoms with E-state index in [1.807, 2.05) is 6.07 Å². The summed E-state index contributed by atoms with van der Waals surface area (Å²) in [6.07, 6.45) is -2.56. The number of carbonyl (C=O) groups excluding carboxylic acids is 1. The number of hydrogen-bond donors (Lipinski definition) is 2. The lowest BCUT2D eigenvalue weighted by Crippen LogP contribution is -2.35. The zero-order valence-electron chi connectivity index (χ0n) is 18.7. The lowest BCUT2D eigenvalue weighted by atomic mass is 10.1. The van der Waals surface area contributed by atoms with E-state index in [0.29, 0.717) is 22.3 Å². The molecule has 2 aromatic carbocycles. The number of ether oxygens (including phenoxy) is 1. The van der Waals surface area contributed by atoms with Gasteiger partial charge in [-0.25, -0.2) is 9.59 Å². The Morgan fingerprint density at radius 1 is 1.09 bits per heavy atom. The highest BCUT2D eigenvalue weighted by Crippen LogP contribution is 2.31. The van der Waals surface area contributed by atoms with Crippen molar-refractivity contribution < 1.29 is 27.1 Å². The van der Waals surface area contributed by atoms with E-state index >= 15 is 0 Å². The predicted octanol–water partition coefficient (Wildman–Crippen LogP) is 5.24. The largest absolute Gasteiger partial charge is 0.490 e. The first-order valence-corrected chi connectivity index (χ1v) is 10.8. The average molecular weight is 475 g/mol. The highest BCUT2D eigenvalue weighted by atomic mass is 19.4. The highest BCUT2D eigenvalue weighted by molar-refractivity contribution is 6.00. The molecule has 4 rings (SSSR count). The molecule has 2 amide bonds. The number of amides is 2. The van der Waals surface area contributed by atoms with E-state index in [1.54, 1.807) is 13.0 Å². The molecule has 3 aromatic rings. The number of alkyl halides is 3. The van der Waals surface area contributed by atoms with Crippen LogP contribution in [0.15, 0.2) is 51.7 Å². The van der Waals surface area contributed by atoms with Crippen molar-refractivity contribution in [3.63, 3.8) is 0 Å². The van der Waals surface area contributed by atoms with Crippen molar-refractivity contribution in [2.24, 2.45) is 0 Å². The number of fused-ring (bicyclic) bond motifs is 1. The van der Waals surface area contributed by atoms with Crippen LogP contribution in [0.5, 0.6) is 5.75 Å². The first-order valence-electron chi connectivity index (χ1n) is 10.8. The third kappa shape index (κ3) is 5.33. The molecule has 0 atom stereocenters. The minimum absolute atomic E-state index is 0.0916. The second-order valence-electron chi connectivity index (χ2n) is 8.33. The van der Waals surface area contributed by atoms with Crippen LogP contribution in [0.25, 0.3) is 11.0 Å². The number of anilines is 2. The van der Waals surface area contributed by atoms with Gasteiger partial charge in [-0.15, -0.1) is 0 Å². The quantitative estimate of drug-likeness (QED) is 0.505. The maximum absolute atomic E-state index is 12.7. The van der Waals surface area contributed by atoms with Crippen LogP contribution >= 0.6 is 0 Å². The minimum Gasteiger partial charge on any atom is -0.490 e. The summed E-state index contributed by atoms with van der Waals surface area (Å²) in [5.74, 6) is 0.644. The van der Waals surface area contributed by atoms with Crippen molar-refractivity contribution in [1.29, 1.82) is 0 Å². The molecule has 0 bridgehead atoms. The number of halogens is 3. The zero-order chi connectivity index (χ0) is 24.5. The van der Waals surface area contributed by atoms with Crippen molar-refractivity contribution in [1.82, 2.24) is 4.90 Å². The Hall–Kier alpha value is -3.53. The third-order valence-corrected chi connectivity index (χ3v) is 5.78. The molecule has 0 spiro atoms. The lowest BCUT2D eigenvalue weighted by molar-refractivity contribution is -0.137. The number of carbonyl (C=O) groups is 1. The van der Waals surface area contributed by atoms with Gasteiger partial charge in [0.2, 0.25) is 0 Å². The summed E-state index contributed by atoms with van der Waals surface area (Å²) in [6.45, 7) is 3.71. The second kappa shape index (κ2) is 9.38. The summed E-state index contributed by atoms with van der Waals surface area (Å²) in [4.78, 5) is 27.0. The van der Waals surface area contributed by atoms with Crippen LogP contribution in [0.1, 0.15) is 24.0 Å². The van der Waals surface area contributed by atoms with Crippen LogP contribution in [-0.4, -0.2) is 37.2 Å². The summed E-state index contributed by atoms with van der Waals surface area (Å²) in [7, 11) is 2.07. The van der Waals surface area contributed by atoms with Gasteiger partial charge in [-0.3, -0.25) is 0 Å². The molecule has 180 valence electrons. The van der Waals surface area contributed by atoms with Crippen molar-refractivity contribution in [3.05, 3.63) is 64.0 Å². The maximum atomic E-state index is 12.7. The zero-order valence-corrected chi connectivity index (χ0v) is 18.7. The second-order valence-corrected chi connectivity index (χ2v) is 8.33. The standard InChI is InChI=1S/C24H24F3N3O4/c1-14-20(33-18-9-11-30(2)12-10-18)8-3-15-13-19(22(31)34-21(14)15)29-23(32)28-17-6-4-16(5-7-17)24(25,26)27/h3-8,13,18H,9-12H2,1-2H3,(H2,28,29,32). The van der Waals surface area contributed by atoms with E-state index in [9.17, 15) is 22.8 Å². The Balaban J connectivity index is 1.47. The first kappa shape index (κ1) is 23.6. The molecule has 0 radical (unpaired) electrons. The molecule has 10 heteroatoms. The fraction of sp³-hybridized carbons (Fsp3) is 0.333. The van der Waals surface area contributed by atoms with Gasteiger partial charge in [0.05, 0.1) is 5.56 Å². The smallest absolute Gasteiger partial charge is 0.416 e. The molecule has 2 N–H and O–H groups in total. The Kier molecular flexibility index (Phi) is 6.52. The van der Waals surface area contributed by atoms with Crippen LogP contribution < -0.4 is 21.0 Å². The lowest BCUT2D eigenvalue weighted by Gasteiger charge is -2.29.